The van der Waals surface area contributed by atoms with Crippen molar-refractivity contribution >= 4 is 40.8 Å². The molecule has 4 N–H and O–H groups in total. The number of anilines is 4. The summed E-state index contributed by atoms with van der Waals surface area (Å²) in [5, 5.41) is 4.98. The summed E-state index contributed by atoms with van der Waals surface area (Å²) < 4.78 is 44.3. The largest absolute Gasteiger partial charge is 0.495 e. The van der Waals surface area contributed by atoms with Crippen molar-refractivity contribution in [3.63, 3.8) is 0 Å². The van der Waals surface area contributed by atoms with E-state index in [1.165, 1.54) is 13.2 Å². The van der Waals surface area contributed by atoms with E-state index in [9.17, 15) is 18.0 Å². The van der Waals surface area contributed by atoms with Crippen LogP contribution in [0.25, 0.3) is 0 Å². The maximum absolute atomic E-state index is 13.0. The number of para-hydroxylation sites is 2. The number of carbonyl (C=O) groups is 1. The van der Waals surface area contributed by atoms with Gasteiger partial charge in [0.05, 0.1) is 36.5 Å². The molecule has 1 amide bonds. The normalized spacial score (nSPS) is 11.4. The van der Waals surface area contributed by atoms with E-state index in [0.29, 0.717) is 11.4 Å². The molecule has 0 atom stereocenters. The first-order chi connectivity index (χ1) is 16.0. The monoisotopic (exact) mass is 495 g/mol. The van der Waals surface area contributed by atoms with Gasteiger partial charge in [-0.3, -0.25) is 9.69 Å². The van der Waals surface area contributed by atoms with Crippen LogP contribution in [-0.2, 0) is 17.5 Å². The van der Waals surface area contributed by atoms with E-state index in [-0.39, 0.29) is 36.5 Å². The van der Waals surface area contributed by atoms with E-state index in [2.05, 4.69) is 25.6 Å². The number of hydrogen-bond donors (Lipinski definition) is 3. The lowest BCUT2D eigenvalue weighted by Crippen LogP contribution is -2.30. The van der Waals surface area contributed by atoms with Crippen LogP contribution in [0.1, 0.15) is 11.4 Å². The number of amides is 1. The Hall–Kier alpha value is -3.64. The Kier molecular flexibility index (Phi) is 7.74. The van der Waals surface area contributed by atoms with Gasteiger partial charge >= 0.3 is 6.18 Å². The van der Waals surface area contributed by atoms with Gasteiger partial charge < -0.3 is 21.1 Å². The second-order valence-corrected chi connectivity index (χ2v) is 7.58. The van der Waals surface area contributed by atoms with Crippen LogP contribution in [0.15, 0.2) is 42.5 Å². The highest BCUT2D eigenvalue weighted by Gasteiger charge is 2.33. The van der Waals surface area contributed by atoms with Gasteiger partial charge in [-0.15, -0.1) is 0 Å². The zero-order chi connectivity index (χ0) is 24.9. The number of alkyl halides is 3. The molecule has 0 unspecified atom stereocenters. The van der Waals surface area contributed by atoms with Crippen LogP contribution in [0.3, 0.4) is 0 Å². The molecule has 3 rings (SSSR count). The molecule has 0 radical (unpaired) electrons. The summed E-state index contributed by atoms with van der Waals surface area (Å²) in [5.74, 6) is 0.484. The summed E-state index contributed by atoms with van der Waals surface area (Å²) in [6.07, 6.45) is -4.64. The van der Waals surface area contributed by atoms with Crippen LogP contribution in [0.5, 0.6) is 5.75 Å². The highest BCUT2D eigenvalue weighted by molar-refractivity contribution is 6.31. The number of nitrogens with one attached hydrogen (secondary N) is 2. The molecule has 0 saturated carbocycles. The minimum absolute atomic E-state index is 0.0252. The second-order valence-electron chi connectivity index (χ2n) is 7.17. The maximum Gasteiger partial charge on any atom is 0.417 e. The summed E-state index contributed by atoms with van der Waals surface area (Å²) in [6, 6.07) is 10.3. The molecule has 3 aromatic rings. The summed E-state index contributed by atoms with van der Waals surface area (Å²) in [4.78, 5) is 26.3. The fraction of sp³-hybridized carbons (Fsp3) is 0.238. The smallest absolute Gasteiger partial charge is 0.417 e. The lowest BCUT2D eigenvalue weighted by Gasteiger charge is -2.17. The molecule has 1 heterocycles. The van der Waals surface area contributed by atoms with Gasteiger partial charge in [-0.25, -0.2) is 0 Å². The second kappa shape index (κ2) is 10.5. The molecule has 1 aromatic heterocycles. The van der Waals surface area contributed by atoms with Gasteiger partial charge in [0.1, 0.15) is 11.6 Å². The standard InChI is InChI=1S/C21H21ClF3N7O2/c1-32(11-18(33)27-12-7-8-14(22)13(9-12)21(23,24)25)10-17-29-19(26)31-20(30-17)28-15-5-3-4-6-16(15)34-2/h3-9H,10-11H2,1-2H3,(H,27,33)(H3,26,28,29,30,31). The Morgan fingerprint density at radius 3 is 2.62 bits per heavy atom. The average molecular weight is 496 g/mol. The molecule has 13 heteroatoms. The van der Waals surface area contributed by atoms with Crippen molar-refractivity contribution < 1.29 is 22.7 Å². The van der Waals surface area contributed by atoms with Gasteiger partial charge in [-0.1, -0.05) is 23.7 Å². The number of benzene rings is 2. The number of ether oxygens (including phenoxy) is 1. The third-order valence-corrected chi connectivity index (χ3v) is 4.76. The lowest BCUT2D eigenvalue weighted by atomic mass is 10.2. The number of nitrogen functional groups attached to an aromatic ring is 1. The lowest BCUT2D eigenvalue weighted by molar-refractivity contribution is -0.137. The van der Waals surface area contributed by atoms with E-state index in [1.807, 2.05) is 6.07 Å². The number of nitrogens with two attached hydrogens (primary N) is 1. The van der Waals surface area contributed by atoms with E-state index in [4.69, 9.17) is 22.1 Å². The predicted molar refractivity (Wildman–Crippen MR) is 122 cm³/mol. The van der Waals surface area contributed by atoms with Crippen LogP contribution in [0, 0.1) is 0 Å². The first-order valence-electron chi connectivity index (χ1n) is 9.80. The fourth-order valence-electron chi connectivity index (χ4n) is 3.00. The molecular formula is C21H21ClF3N7O2. The Labute approximate surface area is 198 Å². The van der Waals surface area contributed by atoms with Crippen LogP contribution >= 0.6 is 11.6 Å². The predicted octanol–water partition coefficient (Wildman–Crippen LogP) is 3.95. The number of aromatic nitrogens is 3. The van der Waals surface area contributed by atoms with E-state index >= 15 is 0 Å². The van der Waals surface area contributed by atoms with Crippen LogP contribution in [0.2, 0.25) is 5.02 Å². The molecule has 9 nitrogen and oxygen atoms in total. The Balaban J connectivity index is 1.64. The maximum atomic E-state index is 13.0. The van der Waals surface area contributed by atoms with Gasteiger partial charge in [0.25, 0.3) is 0 Å². The highest BCUT2D eigenvalue weighted by Crippen LogP contribution is 2.36. The first kappa shape index (κ1) is 25.0. The highest BCUT2D eigenvalue weighted by atomic mass is 35.5. The third kappa shape index (κ3) is 6.68. The average Bonchev–Trinajstić information content (AvgIpc) is 2.74. The molecular weight excluding hydrogens is 475 g/mol. The zero-order valence-corrected chi connectivity index (χ0v) is 18.9. The van der Waals surface area contributed by atoms with Crippen molar-refractivity contribution in [1.82, 2.24) is 19.9 Å². The quantitative estimate of drug-likeness (QED) is 0.430. The molecule has 0 bridgehead atoms. The van der Waals surface area contributed by atoms with Gasteiger partial charge in [0.2, 0.25) is 17.8 Å². The van der Waals surface area contributed by atoms with Gasteiger partial charge in [0.15, 0.2) is 0 Å². The van der Waals surface area contributed by atoms with Crippen molar-refractivity contribution in [1.29, 1.82) is 0 Å². The Bertz CT molecular complexity index is 1180. The molecule has 0 saturated heterocycles. The molecule has 34 heavy (non-hydrogen) atoms. The number of carbonyl (C=O) groups excluding carboxylic acids is 1. The summed E-state index contributed by atoms with van der Waals surface area (Å²) in [6.45, 7) is -0.0278. The number of rotatable bonds is 8. The number of hydrogen-bond acceptors (Lipinski definition) is 8. The van der Waals surface area contributed by atoms with Crippen molar-refractivity contribution in [2.75, 3.05) is 37.1 Å². The minimum atomic E-state index is -4.64. The SMILES string of the molecule is COc1ccccc1Nc1nc(N)nc(CN(C)CC(=O)Nc2ccc(Cl)c(C(F)(F)F)c2)n1. The number of halogens is 4. The van der Waals surface area contributed by atoms with Crippen LogP contribution < -0.4 is 21.1 Å². The minimum Gasteiger partial charge on any atom is -0.495 e. The number of likely N-dealkylation sites (N-methyl/N-ethyl adjacent to an activating group) is 1. The molecule has 0 aliphatic carbocycles. The van der Waals surface area contributed by atoms with Gasteiger partial charge in [-0.2, -0.15) is 28.1 Å². The third-order valence-electron chi connectivity index (χ3n) is 4.43. The van der Waals surface area contributed by atoms with E-state index in [1.54, 1.807) is 30.1 Å². The topological polar surface area (TPSA) is 118 Å². The molecule has 2 aromatic carbocycles. The number of methoxy groups -OCH3 is 1. The number of nitrogens with zero attached hydrogens (tertiary/aromatic N) is 4. The van der Waals surface area contributed by atoms with Gasteiger partial charge in [0, 0.05) is 5.69 Å². The van der Waals surface area contributed by atoms with Crippen molar-refractivity contribution in [2.24, 2.45) is 0 Å². The molecule has 0 aliphatic heterocycles. The molecule has 0 fully saturated rings. The Morgan fingerprint density at radius 2 is 1.91 bits per heavy atom. The van der Waals surface area contributed by atoms with Crippen molar-refractivity contribution in [2.45, 2.75) is 12.7 Å². The van der Waals surface area contributed by atoms with E-state index in [0.717, 1.165) is 12.1 Å². The Morgan fingerprint density at radius 1 is 1.18 bits per heavy atom. The zero-order valence-electron chi connectivity index (χ0n) is 18.2. The van der Waals surface area contributed by atoms with Crippen molar-refractivity contribution in [3.05, 3.63) is 58.9 Å². The molecule has 0 aliphatic rings. The summed E-state index contributed by atoms with van der Waals surface area (Å²) in [7, 11) is 3.15. The van der Waals surface area contributed by atoms with Gasteiger partial charge in [-0.05, 0) is 37.4 Å². The van der Waals surface area contributed by atoms with Crippen molar-refractivity contribution in [3.8, 4) is 5.75 Å². The van der Waals surface area contributed by atoms with E-state index < -0.39 is 22.7 Å². The summed E-state index contributed by atoms with van der Waals surface area (Å²) in [5.41, 5.74) is 5.35. The molecule has 180 valence electrons. The first-order valence-corrected chi connectivity index (χ1v) is 10.2. The molecule has 0 spiro atoms. The van der Waals surface area contributed by atoms with Crippen LogP contribution in [0.4, 0.5) is 36.4 Å². The summed E-state index contributed by atoms with van der Waals surface area (Å²) >= 11 is 5.60. The van der Waals surface area contributed by atoms with Crippen LogP contribution in [-0.4, -0.2) is 46.5 Å². The fourth-order valence-corrected chi connectivity index (χ4v) is 3.22.